The van der Waals surface area contributed by atoms with Gasteiger partial charge in [0.2, 0.25) is 5.95 Å². The maximum absolute atomic E-state index is 15.0. The number of methoxy groups -OCH3 is 1. The summed E-state index contributed by atoms with van der Waals surface area (Å²) >= 11 is 12.1. The lowest BCUT2D eigenvalue weighted by atomic mass is 9.93. The molecule has 0 aliphatic carbocycles. The molecule has 3 N–H and O–H groups in total. The highest BCUT2D eigenvalue weighted by Gasteiger charge is 2.51. The number of amides is 2. The number of benzene rings is 3. The average Bonchev–Trinajstić information content (AvgIpc) is 3.32. The molecule has 3 aromatic carbocycles. The van der Waals surface area contributed by atoms with E-state index in [2.05, 4.69) is 20.0 Å². The molecule has 11 heteroatoms. The third-order valence-corrected chi connectivity index (χ3v) is 6.30. The van der Waals surface area contributed by atoms with Gasteiger partial charge in [-0.2, -0.15) is 0 Å². The molecule has 34 heavy (non-hydrogen) atoms. The van der Waals surface area contributed by atoms with Crippen molar-refractivity contribution in [1.29, 1.82) is 0 Å². The van der Waals surface area contributed by atoms with E-state index in [-0.39, 0.29) is 38.4 Å². The minimum absolute atomic E-state index is 0.0201. The van der Waals surface area contributed by atoms with E-state index in [1.54, 1.807) is 42.5 Å². The first-order valence-corrected chi connectivity index (χ1v) is 10.7. The van der Waals surface area contributed by atoms with E-state index in [0.29, 0.717) is 11.0 Å². The van der Waals surface area contributed by atoms with Crippen molar-refractivity contribution in [3.8, 4) is 0 Å². The fourth-order valence-corrected chi connectivity index (χ4v) is 4.35. The Balaban J connectivity index is 1.71. The van der Waals surface area contributed by atoms with Gasteiger partial charge in [-0.05, 0) is 30.3 Å². The summed E-state index contributed by atoms with van der Waals surface area (Å²) in [6.07, 6.45) is -0.713. The molecule has 0 saturated heterocycles. The lowest BCUT2D eigenvalue weighted by molar-refractivity contribution is 0.0699. The number of ether oxygens (including phenoxy) is 1. The van der Waals surface area contributed by atoms with Crippen molar-refractivity contribution in [3.63, 3.8) is 0 Å². The van der Waals surface area contributed by atoms with Gasteiger partial charge in [-0.25, -0.2) is 14.2 Å². The third kappa shape index (κ3) is 3.28. The van der Waals surface area contributed by atoms with Gasteiger partial charge < -0.3 is 14.8 Å². The molecule has 1 aliphatic rings. The lowest BCUT2D eigenvalue weighted by Gasteiger charge is -2.35. The van der Waals surface area contributed by atoms with E-state index in [9.17, 15) is 14.7 Å². The molecular weight excluding hydrogens is 486 g/mol. The SMILES string of the molecule is COC(=O)Nc1nc2ccc(C3(O)c4ccccc4C(=O)N3c3cc(Cl)c(Cl)cc3F)cc2[nH]1. The van der Waals surface area contributed by atoms with Gasteiger partial charge in [0.1, 0.15) is 5.82 Å². The Labute approximate surface area is 201 Å². The topological polar surface area (TPSA) is 108 Å². The van der Waals surface area contributed by atoms with Gasteiger partial charge in [0.15, 0.2) is 5.72 Å². The average molecular weight is 501 g/mol. The van der Waals surface area contributed by atoms with E-state index >= 15 is 4.39 Å². The smallest absolute Gasteiger partial charge is 0.413 e. The molecule has 5 rings (SSSR count). The van der Waals surface area contributed by atoms with Crippen LogP contribution in [-0.2, 0) is 10.5 Å². The Morgan fingerprint density at radius 1 is 1.18 bits per heavy atom. The van der Waals surface area contributed by atoms with Crippen LogP contribution in [0.2, 0.25) is 10.0 Å². The molecule has 0 spiro atoms. The zero-order valence-electron chi connectivity index (χ0n) is 17.4. The Kier molecular flexibility index (Phi) is 5.20. The predicted molar refractivity (Wildman–Crippen MR) is 125 cm³/mol. The Morgan fingerprint density at radius 3 is 2.68 bits per heavy atom. The minimum Gasteiger partial charge on any atom is -0.453 e. The summed E-state index contributed by atoms with van der Waals surface area (Å²) in [5, 5.41) is 14.5. The molecule has 2 amide bonds. The van der Waals surface area contributed by atoms with Crippen molar-refractivity contribution >= 4 is 57.9 Å². The van der Waals surface area contributed by atoms with Gasteiger partial charge in [-0.1, -0.05) is 47.5 Å². The molecule has 1 aromatic heterocycles. The van der Waals surface area contributed by atoms with Crippen LogP contribution in [0.5, 0.6) is 0 Å². The largest absolute Gasteiger partial charge is 0.453 e. The number of aliphatic hydroxyl groups is 1. The highest BCUT2D eigenvalue weighted by molar-refractivity contribution is 6.42. The number of aromatic amines is 1. The lowest BCUT2D eigenvalue weighted by Crippen LogP contribution is -2.45. The third-order valence-electron chi connectivity index (χ3n) is 5.58. The first kappa shape index (κ1) is 22.1. The standard InChI is InChI=1S/C23H15Cl2FN4O4/c1-34-22(32)29-21-27-17-7-6-11(8-18(17)28-21)23(33)13-5-3-2-4-12(13)20(31)30(23)19-10-15(25)14(24)9-16(19)26/h2-10,33H,1H3,(H2,27,28,29,32). The minimum atomic E-state index is -2.08. The summed E-state index contributed by atoms with van der Waals surface area (Å²) in [7, 11) is 1.22. The molecule has 8 nitrogen and oxygen atoms in total. The monoisotopic (exact) mass is 500 g/mol. The molecule has 1 atom stereocenters. The second kappa shape index (κ2) is 7.98. The van der Waals surface area contributed by atoms with Crippen molar-refractivity contribution in [2.45, 2.75) is 5.72 Å². The van der Waals surface area contributed by atoms with Gasteiger partial charge in [0, 0.05) is 16.7 Å². The van der Waals surface area contributed by atoms with Gasteiger partial charge in [0.25, 0.3) is 5.91 Å². The van der Waals surface area contributed by atoms with Gasteiger partial charge >= 0.3 is 6.09 Å². The fraction of sp³-hybridized carbons (Fsp3) is 0.0870. The molecule has 172 valence electrons. The molecular formula is C23H15Cl2FN4O4. The number of aromatic nitrogens is 2. The molecule has 0 bridgehead atoms. The number of carbonyl (C=O) groups is 2. The zero-order chi connectivity index (χ0) is 24.2. The zero-order valence-corrected chi connectivity index (χ0v) is 18.9. The van der Waals surface area contributed by atoms with Crippen LogP contribution in [0.15, 0.2) is 54.6 Å². The molecule has 1 aliphatic heterocycles. The number of nitrogens with one attached hydrogen (secondary N) is 2. The van der Waals surface area contributed by atoms with Crippen LogP contribution < -0.4 is 10.2 Å². The highest BCUT2D eigenvalue weighted by Crippen LogP contribution is 2.47. The Bertz CT molecular complexity index is 1490. The summed E-state index contributed by atoms with van der Waals surface area (Å²) in [4.78, 5) is 33.0. The number of nitrogens with zero attached hydrogens (tertiary/aromatic N) is 2. The second-order valence-electron chi connectivity index (χ2n) is 7.51. The predicted octanol–water partition coefficient (Wildman–Crippen LogP) is 5.04. The highest BCUT2D eigenvalue weighted by atomic mass is 35.5. The summed E-state index contributed by atoms with van der Waals surface area (Å²) in [6, 6.07) is 13.3. The van der Waals surface area contributed by atoms with Crippen molar-refractivity contribution in [2.75, 3.05) is 17.3 Å². The van der Waals surface area contributed by atoms with Gasteiger partial charge in [-0.3, -0.25) is 15.0 Å². The number of halogens is 3. The van der Waals surface area contributed by atoms with Crippen molar-refractivity contribution in [1.82, 2.24) is 9.97 Å². The summed E-state index contributed by atoms with van der Waals surface area (Å²) in [5.41, 5.74) is -0.688. The number of hydrogen-bond donors (Lipinski definition) is 3. The molecule has 0 radical (unpaired) electrons. The van der Waals surface area contributed by atoms with Crippen molar-refractivity contribution in [2.24, 2.45) is 0 Å². The van der Waals surface area contributed by atoms with Crippen molar-refractivity contribution in [3.05, 3.63) is 87.2 Å². The second-order valence-corrected chi connectivity index (χ2v) is 8.32. The van der Waals surface area contributed by atoms with E-state index in [1.807, 2.05) is 0 Å². The summed E-state index contributed by atoms with van der Waals surface area (Å²) in [5.74, 6) is -1.32. The number of anilines is 2. The first-order valence-electron chi connectivity index (χ1n) is 9.90. The number of rotatable bonds is 3. The molecule has 2 heterocycles. The van der Waals surface area contributed by atoms with Gasteiger partial charge in [-0.15, -0.1) is 0 Å². The van der Waals surface area contributed by atoms with Gasteiger partial charge in [0.05, 0.1) is 33.9 Å². The Morgan fingerprint density at radius 2 is 1.91 bits per heavy atom. The number of hydrogen-bond acceptors (Lipinski definition) is 5. The molecule has 0 fully saturated rings. The van der Waals surface area contributed by atoms with Crippen LogP contribution in [0.3, 0.4) is 0 Å². The van der Waals surface area contributed by atoms with Crippen LogP contribution in [0.4, 0.5) is 20.8 Å². The van der Waals surface area contributed by atoms with Crippen LogP contribution in [0, 0.1) is 5.82 Å². The van der Waals surface area contributed by atoms with E-state index < -0.39 is 23.5 Å². The van der Waals surface area contributed by atoms with Crippen LogP contribution >= 0.6 is 23.2 Å². The van der Waals surface area contributed by atoms with Crippen LogP contribution in [-0.4, -0.2) is 34.2 Å². The number of carbonyl (C=O) groups excluding carboxylic acids is 2. The quantitative estimate of drug-likeness (QED) is 0.341. The number of imidazole rings is 1. The molecule has 0 saturated carbocycles. The molecule has 1 unspecified atom stereocenters. The number of fused-ring (bicyclic) bond motifs is 2. The fourth-order valence-electron chi connectivity index (χ4n) is 4.05. The maximum Gasteiger partial charge on any atom is 0.413 e. The Hall–Kier alpha value is -3.66. The van der Waals surface area contributed by atoms with Crippen LogP contribution in [0.25, 0.3) is 11.0 Å². The maximum atomic E-state index is 15.0. The van der Waals surface area contributed by atoms with E-state index in [4.69, 9.17) is 23.2 Å². The summed E-state index contributed by atoms with van der Waals surface area (Å²) < 4.78 is 19.6. The van der Waals surface area contributed by atoms with E-state index in [0.717, 1.165) is 11.0 Å². The van der Waals surface area contributed by atoms with E-state index in [1.165, 1.54) is 13.2 Å². The first-order chi connectivity index (χ1) is 16.2. The number of H-pyrrole nitrogens is 1. The molecule has 4 aromatic rings. The van der Waals surface area contributed by atoms with Crippen LogP contribution in [0.1, 0.15) is 21.5 Å². The summed E-state index contributed by atoms with van der Waals surface area (Å²) in [6.45, 7) is 0. The normalized spacial score (nSPS) is 17.2. The van der Waals surface area contributed by atoms with Crippen molar-refractivity contribution < 1.29 is 23.8 Å².